The Labute approximate surface area is 80.3 Å². The van der Waals surface area contributed by atoms with Crippen LogP contribution >= 0.6 is 12.6 Å². The minimum absolute atomic E-state index is 0.236. The molecule has 2 bridgehead atoms. The molecule has 0 aromatic rings. The van der Waals surface area contributed by atoms with Gasteiger partial charge >= 0.3 is 0 Å². The average Bonchev–Trinajstić information content (AvgIpc) is 2.08. The van der Waals surface area contributed by atoms with Gasteiger partial charge in [0, 0.05) is 0 Å². The molecule has 3 aliphatic rings. The third-order valence-electron chi connectivity index (χ3n) is 3.66. The third-order valence-corrected chi connectivity index (χ3v) is 3.89. The first kappa shape index (κ1) is 8.89. The largest absolute Gasteiger partial charge is 0.374 e. The van der Waals surface area contributed by atoms with Gasteiger partial charge in [0.1, 0.15) is 0 Å². The van der Waals surface area contributed by atoms with Gasteiger partial charge in [0.15, 0.2) is 0 Å². The first-order valence-corrected chi connectivity index (χ1v) is 5.56. The number of rotatable bonds is 2. The third kappa shape index (κ3) is 1.39. The molecule has 2 heterocycles. The van der Waals surface area contributed by atoms with Crippen LogP contribution in [0.5, 0.6) is 0 Å². The number of thiol groups is 1. The Kier molecular flexibility index (Phi) is 2.16. The number of ether oxygens (including phenoxy) is 1. The molecule has 0 radical (unpaired) electrons. The second-order valence-electron chi connectivity index (χ2n) is 4.76. The lowest BCUT2D eigenvalue weighted by molar-refractivity contribution is -0.178. The molecule has 0 amide bonds. The van der Waals surface area contributed by atoms with Gasteiger partial charge in [-0.1, -0.05) is 6.92 Å². The van der Waals surface area contributed by atoms with E-state index in [1.807, 2.05) is 0 Å². The van der Waals surface area contributed by atoms with E-state index in [1.165, 1.54) is 25.7 Å². The van der Waals surface area contributed by atoms with E-state index >= 15 is 0 Å². The van der Waals surface area contributed by atoms with Crippen LogP contribution in [0, 0.1) is 5.41 Å². The van der Waals surface area contributed by atoms with Gasteiger partial charge < -0.3 is 4.74 Å². The molecule has 1 nitrogen and oxygen atoms in total. The normalized spacial score (nSPS) is 46.5. The van der Waals surface area contributed by atoms with Crippen LogP contribution in [0.2, 0.25) is 0 Å². The Morgan fingerprint density at radius 2 is 1.92 bits per heavy atom. The maximum absolute atomic E-state index is 5.96. The zero-order valence-electron chi connectivity index (χ0n) is 7.81. The van der Waals surface area contributed by atoms with Crippen LogP contribution in [0.25, 0.3) is 0 Å². The lowest BCUT2D eigenvalue weighted by Crippen LogP contribution is -2.50. The van der Waals surface area contributed by atoms with Crippen molar-refractivity contribution in [3.05, 3.63) is 0 Å². The summed E-state index contributed by atoms with van der Waals surface area (Å²) in [6, 6.07) is 0. The summed E-state index contributed by atoms with van der Waals surface area (Å²) in [5.41, 5.74) is 0.748. The first-order chi connectivity index (χ1) is 5.68. The minimum Gasteiger partial charge on any atom is -0.374 e. The van der Waals surface area contributed by atoms with Crippen LogP contribution in [0.4, 0.5) is 0 Å². The highest BCUT2D eigenvalue weighted by molar-refractivity contribution is 7.80. The van der Waals surface area contributed by atoms with Crippen molar-refractivity contribution in [1.29, 1.82) is 0 Å². The minimum atomic E-state index is 0.236. The standard InChI is InChI=1S/C10H18OS/c1-9-2-4-10(5-3-9,6-7-12)11-8-9/h12H,2-8H2,1H3. The molecule has 2 saturated heterocycles. The van der Waals surface area contributed by atoms with Gasteiger partial charge in [0.25, 0.3) is 0 Å². The zero-order chi connectivity index (χ0) is 8.66. The predicted molar refractivity (Wildman–Crippen MR) is 53.7 cm³/mol. The molecule has 1 aliphatic carbocycles. The molecule has 0 aromatic carbocycles. The summed E-state index contributed by atoms with van der Waals surface area (Å²) in [5, 5.41) is 0. The topological polar surface area (TPSA) is 9.23 Å². The fourth-order valence-corrected chi connectivity index (χ4v) is 2.86. The lowest BCUT2D eigenvalue weighted by atomic mass is 9.66. The van der Waals surface area contributed by atoms with Gasteiger partial charge in [-0.2, -0.15) is 12.6 Å². The lowest BCUT2D eigenvalue weighted by Gasteiger charge is -2.51. The zero-order valence-corrected chi connectivity index (χ0v) is 8.70. The number of hydrogen-bond acceptors (Lipinski definition) is 2. The van der Waals surface area contributed by atoms with Gasteiger partial charge in [-0.15, -0.1) is 0 Å². The van der Waals surface area contributed by atoms with E-state index in [9.17, 15) is 0 Å². The van der Waals surface area contributed by atoms with Crippen LogP contribution in [0.15, 0.2) is 0 Å². The van der Waals surface area contributed by atoms with E-state index < -0.39 is 0 Å². The molecule has 0 atom stereocenters. The predicted octanol–water partition coefficient (Wildman–Crippen LogP) is 2.66. The Morgan fingerprint density at radius 3 is 2.33 bits per heavy atom. The van der Waals surface area contributed by atoms with Gasteiger partial charge in [-0.3, -0.25) is 0 Å². The fraction of sp³-hybridized carbons (Fsp3) is 1.00. The molecule has 0 unspecified atom stereocenters. The van der Waals surface area contributed by atoms with E-state index in [2.05, 4.69) is 19.6 Å². The van der Waals surface area contributed by atoms with Crippen LogP contribution < -0.4 is 0 Å². The maximum Gasteiger partial charge on any atom is 0.0691 e. The van der Waals surface area contributed by atoms with Crippen LogP contribution in [0.3, 0.4) is 0 Å². The first-order valence-electron chi connectivity index (χ1n) is 4.93. The van der Waals surface area contributed by atoms with Crippen LogP contribution in [0.1, 0.15) is 39.0 Å². The van der Waals surface area contributed by atoms with Crippen molar-refractivity contribution in [3.8, 4) is 0 Å². The summed E-state index contributed by atoms with van der Waals surface area (Å²) >= 11 is 4.30. The highest BCUT2D eigenvalue weighted by Crippen LogP contribution is 2.49. The Morgan fingerprint density at radius 1 is 1.25 bits per heavy atom. The molecular weight excluding hydrogens is 168 g/mol. The average molecular weight is 186 g/mol. The number of hydrogen-bond donors (Lipinski definition) is 1. The van der Waals surface area contributed by atoms with Crippen molar-refractivity contribution in [2.75, 3.05) is 12.4 Å². The molecule has 2 aliphatic heterocycles. The molecule has 12 heavy (non-hydrogen) atoms. The Hall–Kier alpha value is 0.310. The van der Waals surface area contributed by atoms with E-state index in [4.69, 9.17) is 4.74 Å². The summed E-state index contributed by atoms with van der Waals surface area (Å²) in [5.74, 6) is 0.969. The van der Waals surface area contributed by atoms with E-state index in [-0.39, 0.29) is 5.60 Å². The second-order valence-corrected chi connectivity index (χ2v) is 5.20. The molecule has 3 fully saturated rings. The maximum atomic E-state index is 5.96. The highest BCUT2D eigenvalue weighted by atomic mass is 32.1. The van der Waals surface area contributed by atoms with E-state index in [0.717, 1.165) is 18.8 Å². The summed E-state index contributed by atoms with van der Waals surface area (Å²) in [6.45, 7) is 3.34. The molecule has 0 aromatic heterocycles. The van der Waals surface area contributed by atoms with Gasteiger partial charge in [-0.05, 0) is 43.3 Å². The monoisotopic (exact) mass is 186 g/mol. The van der Waals surface area contributed by atoms with Gasteiger partial charge in [-0.25, -0.2) is 0 Å². The van der Waals surface area contributed by atoms with Crippen LogP contribution in [-0.4, -0.2) is 18.0 Å². The van der Waals surface area contributed by atoms with Gasteiger partial charge in [0.2, 0.25) is 0 Å². The highest BCUT2D eigenvalue weighted by Gasteiger charge is 2.46. The second kappa shape index (κ2) is 2.91. The molecule has 70 valence electrons. The van der Waals surface area contributed by atoms with Crippen molar-refractivity contribution in [3.63, 3.8) is 0 Å². The summed E-state index contributed by atoms with van der Waals surface area (Å²) < 4.78 is 5.96. The van der Waals surface area contributed by atoms with Gasteiger partial charge in [0.05, 0.1) is 12.2 Å². The summed E-state index contributed by atoms with van der Waals surface area (Å²) in [7, 11) is 0. The quantitative estimate of drug-likeness (QED) is 0.652. The summed E-state index contributed by atoms with van der Waals surface area (Å²) in [6.07, 6.45) is 6.40. The molecule has 0 spiro atoms. The van der Waals surface area contributed by atoms with Crippen molar-refractivity contribution in [1.82, 2.24) is 0 Å². The summed E-state index contributed by atoms with van der Waals surface area (Å²) in [4.78, 5) is 0. The fourth-order valence-electron chi connectivity index (χ4n) is 2.45. The Balaban J connectivity index is 2.04. The van der Waals surface area contributed by atoms with Crippen molar-refractivity contribution in [2.45, 2.75) is 44.6 Å². The molecule has 1 saturated carbocycles. The van der Waals surface area contributed by atoms with E-state index in [0.29, 0.717) is 5.41 Å². The number of fused-ring (bicyclic) bond motifs is 3. The molecular formula is C10H18OS. The molecule has 0 N–H and O–H groups in total. The molecule has 3 rings (SSSR count). The van der Waals surface area contributed by atoms with Crippen molar-refractivity contribution >= 4 is 12.6 Å². The van der Waals surface area contributed by atoms with E-state index in [1.54, 1.807) is 0 Å². The molecule has 2 heteroatoms. The Bertz CT molecular complexity index is 154. The smallest absolute Gasteiger partial charge is 0.0691 e. The SMILES string of the molecule is CC12CCC(CCS)(CC1)OC2. The van der Waals surface area contributed by atoms with Crippen molar-refractivity contribution < 1.29 is 4.74 Å². The van der Waals surface area contributed by atoms with Crippen molar-refractivity contribution in [2.24, 2.45) is 5.41 Å². The van der Waals surface area contributed by atoms with Crippen LogP contribution in [-0.2, 0) is 4.74 Å².